The first kappa shape index (κ1) is 12.3. The summed E-state index contributed by atoms with van der Waals surface area (Å²) in [6.07, 6.45) is 6.74. The van der Waals surface area contributed by atoms with E-state index in [1.807, 2.05) is 12.1 Å². The van der Waals surface area contributed by atoms with E-state index in [9.17, 15) is 0 Å². The number of hydrogen-bond acceptors (Lipinski definition) is 2. The first-order valence-electron chi connectivity index (χ1n) is 5.61. The molecule has 0 saturated carbocycles. The molecule has 0 aliphatic heterocycles. The highest BCUT2D eigenvalue weighted by atomic mass is 35.5. The predicted molar refractivity (Wildman–Crippen MR) is 66.5 cm³/mol. The van der Waals surface area contributed by atoms with Crippen LogP contribution < -0.4 is 5.32 Å². The van der Waals surface area contributed by atoms with Crippen LogP contribution in [0.1, 0.15) is 39.5 Å². The van der Waals surface area contributed by atoms with Crippen LogP contribution in [0.15, 0.2) is 18.3 Å². The Morgan fingerprint density at radius 2 is 2.27 bits per heavy atom. The summed E-state index contributed by atoms with van der Waals surface area (Å²) in [5.74, 6) is 0.795. The molecule has 1 aromatic rings. The van der Waals surface area contributed by atoms with Crippen LogP contribution in [0.5, 0.6) is 0 Å². The topological polar surface area (TPSA) is 24.9 Å². The standard InChI is InChI=1S/C12H19ClN2/c1-3-4-5-7-10(2)15-12-11(13)8-6-9-14-12/h6,8-10H,3-5,7H2,1-2H3,(H,14,15). The van der Waals surface area contributed by atoms with E-state index in [1.165, 1.54) is 25.7 Å². The summed E-state index contributed by atoms with van der Waals surface area (Å²) in [7, 11) is 0. The van der Waals surface area contributed by atoms with Crippen LogP contribution in [-0.2, 0) is 0 Å². The van der Waals surface area contributed by atoms with Gasteiger partial charge in [-0.15, -0.1) is 0 Å². The molecule has 84 valence electrons. The largest absolute Gasteiger partial charge is 0.366 e. The van der Waals surface area contributed by atoms with Gasteiger partial charge in [0.05, 0.1) is 5.02 Å². The van der Waals surface area contributed by atoms with Crippen molar-refractivity contribution in [2.45, 2.75) is 45.6 Å². The fourth-order valence-corrected chi connectivity index (χ4v) is 1.67. The van der Waals surface area contributed by atoms with Crippen molar-refractivity contribution in [3.05, 3.63) is 23.4 Å². The van der Waals surface area contributed by atoms with Crippen molar-refractivity contribution in [2.24, 2.45) is 0 Å². The molecule has 1 N–H and O–H groups in total. The molecule has 0 amide bonds. The molecule has 0 radical (unpaired) electrons. The van der Waals surface area contributed by atoms with Gasteiger partial charge in [-0.05, 0) is 25.5 Å². The molecule has 0 aromatic carbocycles. The van der Waals surface area contributed by atoms with Gasteiger partial charge in [0.25, 0.3) is 0 Å². The second-order valence-corrected chi connectivity index (χ2v) is 4.28. The smallest absolute Gasteiger partial charge is 0.144 e. The van der Waals surface area contributed by atoms with Gasteiger partial charge < -0.3 is 5.32 Å². The third-order valence-electron chi connectivity index (χ3n) is 2.38. The highest BCUT2D eigenvalue weighted by Gasteiger charge is 2.05. The molecule has 2 nitrogen and oxygen atoms in total. The number of pyridine rings is 1. The zero-order valence-corrected chi connectivity index (χ0v) is 10.2. The van der Waals surface area contributed by atoms with Crippen LogP contribution in [0.25, 0.3) is 0 Å². The molecule has 1 aromatic heterocycles. The molecule has 0 fully saturated rings. The lowest BCUT2D eigenvalue weighted by atomic mass is 10.1. The van der Waals surface area contributed by atoms with Gasteiger partial charge in [-0.1, -0.05) is 37.8 Å². The summed E-state index contributed by atoms with van der Waals surface area (Å²) >= 11 is 6.00. The van der Waals surface area contributed by atoms with Gasteiger partial charge in [-0.3, -0.25) is 0 Å². The van der Waals surface area contributed by atoms with Gasteiger partial charge in [0.2, 0.25) is 0 Å². The minimum atomic E-state index is 0.434. The van der Waals surface area contributed by atoms with Crippen LogP contribution >= 0.6 is 11.6 Å². The molecule has 1 atom stereocenters. The summed E-state index contributed by atoms with van der Waals surface area (Å²) in [6.45, 7) is 4.38. The number of hydrogen-bond donors (Lipinski definition) is 1. The van der Waals surface area contributed by atoms with Crippen molar-refractivity contribution in [3.8, 4) is 0 Å². The summed E-state index contributed by atoms with van der Waals surface area (Å²) in [5, 5.41) is 4.02. The first-order chi connectivity index (χ1) is 7.24. The maximum Gasteiger partial charge on any atom is 0.144 e. The predicted octanol–water partition coefficient (Wildman–Crippen LogP) is 4.12. The molecular formula is C12H19ClN2. The minimum absolute atomic E-state index is 0.434. The lowest BCUT2D eigenvalue weighted by Crippen LogP contribution is -2.15. The first-order valence-corrected chi connectivity index (χ1v) is 5.99. The lowest BCUT2D eigenvalue weighted by molar-refractivity contribution is 0.614. The summed E-state index contributed by atoms with van der Waals surface area (Å²) in [6, 6.07) is 4.13. The molecule has 1 unspecified atom stereocenters. The minimum Gasteiger partial charge on any atom is -0.366 e. The monoisotopic (exact) mass is 226 g/mol. The number of nitrogens with one attached hydrogen (secondary N) is 1. The molecule has 15 heavy (non-hydrogen) atoms. The molecule has 1 heterocycles. The second-order valence-electron chi connectivity index (χ2n) is 3.87. The number of anilines is 1. The quantitative estimate of drug-likeness (QED) is 0.739. The van der Waals surface area contributed by atoms with Crippen LogP contribution in [0.4, 0.5) is 5.82 Å². The van der Waals surface area contributed by atoms with Gasteiger partial charge in [-0.25, -0.2) is 4.98 Å². The van der Waals surface area contributed by atoms with Crippen LogP contribution in [0.3, 0.4) is 0 Å². The van der Waals surface area contributed by atoms with E-state index in [1.54, 1.807) is 6.20 Å². The Hall–Kier alpha value is -0.760. The fourth-order valence-electron chi connectivity index (χ4n) is 1.50. The van der Waals surface area contributed by atoms with Crippen molar-refractivity contribution < 1.29 is 0 Å². The Kier molecular flexibility index (Phi) is 5.48. The lowest BCUT2D eigenvalue weighted by Gasteiger charge is -2.14. The average Bonchev–Trinajstić information content (AvgIpc) is 2.22. The van der Waals surface area contributed by atoms with E-state index in [-0.39, 0.29) is 0 Å². The molecule has 0 aliphatic carbocycles. The maximum atomic E-state index is 6.00. The maximum absolute atomic E-state index is 6.00. The zero-order chi connectivity index (χ0) is 11.1. The molecule has 0 aliphatic rings. The van der Waals surface area contributed by atoms with E-state index < -0.39 is 0 Å². The molecule has 1 rings (SSSR count). The number of rotatable bonds is 6. The Morgan fingerprint density at radius 3 is 2.93 bits per heavy atom. The SMILES string of the molecule is CCCCCC(C)Nc1ncccc1Cl. The highest BCUT2D eigenvalue weighted by molar-refractivity contribution is 6.32. The number of unbranched alkanes of at least 4 members (excludes halogenated alkanes) is 2. The average molecular weight is 227 g/mol. The molecular weight excluding hydrogens is 208 g/mol. The molecule has 0 spiro atoms. The Morgan fingerprint density at radius 1 is 1.47 bits per heavy atom. The number of halogens is 1. The molecule has 0 saturated heterocycles. The van der Waals surface area contributed by atoms with Gasteiger partial charge in [0.1, 0.15) is 5.82 Å². The summed E-state index contributed by atoms with van der Waals surface area (Å²) in [5.41, 5.74) is 0. The van der Waals surface area contributed by atoms with Crippen molar-refractivity contribution in [1.82, 2.24) is 4.98 Å². The van der Waals surface area contributed by atoms with E-state index in [2.05, 4.69) is 24.1 Å². The van der Waals surface area contributed by atoms with Crippen molar-refractivity contribution in [2.75, 3.05) is 5.32 Å². The highest BCUT2D eigenvalue weighted by Crippen LogP contribution is 2.19. The van der Waals surface area contributed by atoms with Crippen LogP contribution in [0.2, 0.25) is 5.02 Å². The number of aromatic nitrogens is 1. The number of nitrogens with zero attached hydrogens (tertiary/aromatic N) is 1. The zero-order valence-electron chi connectivity index (χ0n) is 9.46. The van der Waals surface area contributed by atoms with Crippen LogP contribution in [0, 0.1) is 0 Å². The van der Waals surface area contributed by atoms with E-state index in [0.717, 1.165) is 5.82 Å². The third kappa shape index (κ3) is 4.52. The van der Waals surface area contributed by atoms with E-state index >= 15 is 0 Å². The van der Waals surface area contributed by atoms with Crippen LogP contribution in [-0.4, -0.2) is 11.0 Å². The molecule has 0 bridgehead atoms. The Bertz CT molecular complexity index is 289. The van der Waals surface area contributed by atoms with Gasteiger partial charge in [0, 0.05) is 12.2 Å². The van der Waals surface area contributed by atoms with E-state index in [0.29, 0.717) is 11.1 Å². The Balaban J connectivity index is 2.37. The van der Waals surface area contributed by atoms with E-state index in [4.69, 9.17) is 11.6 Å². The van der Waals surface area contributed by atoms with Gasteiger partial charge >= 0.3 is 0 Å². The van der Waals surface area contributed by atoms with Crippen molar-refractivity contribution >= 4 is 17.4 Å². The fraction of sp³-hybridized carbons (Fsp3) is 0.583. The normalized spacial score (nSPS) is 12.5. The summed E-state index contributed by atoms with van der Waals surface area (Å²) < 4.78 is 0. The third-order valence-corrected chi connectivity index (χ3v) is 2.69. The Labute approximate surface area is 97.1 Å². The van der Waals surface area contributed by atoms with Gasteiger partial charge in [0.15, 0.2) is 0 Å². The molecule has 3 heteroatoms. The van der Waals surface area contributed by atoms with Gasteiger partial charge in [-0.2, -0.15) is 0 Å². The second kappa shape index (κ2) is 6.67. The summed E-state index contributed by atoms with van der Waals surface area (Å²) in [4.78, 5) is 4.20. The van der Waals surface area contributed by atoms with Crippen molar-refractivity contribution in [3.63, 3.8) is 0 Å². The van der Waals surface area contributed by atoms with Crippen molar-refractivity contribution in [1.29, 1.82) is 0 Å².